The number of nitrogen functional groups attached to an aromatic ring is 1. The first-order chi connectivity index (χ1) is 8.49. The molecule has 2 rings (SSSR count). The lowest BCUT2D eigenvalue weighted by molar-refractivity contribution is 0.405. The molecule has 0 aliphatic carbocycles. The van der Waals surface area contributed by atoms with Gasteiger partial charge in [0, 0.05) is 17.8 Å². The summed E-state index contributed by atoms with van der Waals surface area (Å²) in [4.78, 5) is 0. The number of anilines is 1. The van der Waals surface area contributed by atoms with Gasteiger partial charge < -0.3 is 10.5 Å². The van der Waals surface area contributed by atoms with Gasteiger partial charge in [-0.1, -0.05) is 12.1 Å². The van der Waals surface area contributed by atoms with Crippen molar-refractivity contribution in [1.29, 1.82) is 0 Å². The van der Waals surface area contributed by atoms with Gasteiger partial charge in [-0.3, -0.25) is 0 Å². The Morgan fingerprint density at radius 1 is 1.06 bits per heavy atom. The number of aryl methyl sites for hydroxylation is 1. The molecule has 18 heavy (non-hydrogen) atoms. The van der Waals surface area contributed by atoms with Gasteiger partial charge in [0.05, 0.1) is 0 Å². The zero-order valence-corrected chi connectivity index (χ0v) is 10.1. The molecule has 94 valence electrons. The monoisotopic (exact) mass is 249 g/mol. The van der Waals surface area contributed by atoms with Crippen molar-refractivity contribution in [2.75, 3.05) is 5.73 Å². The molecule has 0 radical (unpaired) electrons. The lowest BCUT2D eigenvalue weighted by atomic mass is 10.1. The molecule has 0 heterocycles. The SMILES string of the molecule is Cc1cccc(Oc2c(F)cc(N)cc2F)c1C. The van der Waals surface area contributed by atoms with Crippen LogP contribution in [-0.2, 0) is 0 Å². The molecule has 0 aromatic heterocycles. The number of benzene rings is 2. The summed E-state index contributed by atoms with van der Waals surface area (Å²) in [6, 6.07) is 7.40. The molecular formula is C14H13F2NO. The van der Waals surface area contributed by atoms with Gasteiger partial charge in [-0.05, 0) is 31.0 Å². The van der Waals surface area contributed by atoms with Crippen molar-refractivity contribution in [1.82, 2.24) is 0 Å². The summed E-state index contributed by atoms with van der Waals surface area (Å²) in [5, 5.41) is 0. The molecule has 0 saturated carbocycles. The minimum Gasteiger partial charge on any atom is -0.451 e. The van der Waals surface area contributed by atoms with Crippen molar-refractivity contribution in [2.24, 2.45) is 0 Å². The van der Waals surface area contributed by atoms with E-state index >= 15 is 0 Å². The fraction of sp³-hybridized carbons (Fsp3) is 0.143. The Balaban J connectivity index is 2.43. The van der Waals surface area contributed by atoms with Crippen LogP contribution < -0.4 is 10.5 Å². The van der Waals surface area contributed by atoms with E-state index in [1.54, 1.807) is 12.1 Å². The van der Waals surface area contributed by atoms with E-state index in [0.717, 1.165) is 23.3 Å². The van der Waals surface area contributed by atoms with Gasteiger partial charge in [0.1, 0.15) is 5.75 Å². The molecule has 2 N–H and O–H groups in total. The van der Waals surface area contributed by atoms with Crippen LogP contribution in [0.25, 0.3) is 0 Å². The number of nitrogens with two attached hydrogens (primary N) is 1. The lowest BCUT2D eigenvalue weighted by Crippen LogP contribution is -1.97. The summed E-state index contributed by atoms with van der Waals surface area (Å²) in [7, 11) is 0. The van der Waals surface area contributed by atoms with Gasteiger partial charge in [-0.2, -0.15) is 0 Å². The zero-order valence-electron chi connectivity index (χ0n) is 10.1. The highest BCUT2D eigenvalue weighted by molar-refractivity contribution is 5.47. The number of hydrogen-bond donors (Lipinski definition) is 1. The predicted octanol–water partition coefficient (Wildman–Crippen LogP) is 3.96. The first kappa shape index (κ1) is 12.4. The van der Waals surface area contributed by atoms with Gasteiger partial charge in [-0.15, -0.1) is 0 Å². The molecule has 0 unspecified atom stereocenters. The van der Waals surface area contributed by atoms with Crippen LogP contribution in [0.15, 0.2) is 30.3 Å². The van der Waals surface area contributed by atoms with E-state index in [9.17, 15) is 8.78 Å². The van der Waals surface area contributed by atoms with Crippen LogP contribution in [0.2, 0.25) is 0 Å². The quantitative estimate of drug-likeness (QED) is 0.818. The van der Waals surface area contributed by atoms with Crippen LogP contribution in [-0.4, -0.2) is 0 Å². The molecule has 0 atom stereocenters. The normalized spacial score (nSPS) is 10.4. The topological polar surface area (TPSA) is 35.2 Å². The molecule has 0 bridgehead atoms. The van der Waals surface area contributed by atoms with Crippen molar-refractivity contribution in [2.45, 2.75) is 13.8 Å². The summed E-state index contributed by atoms with van der Waals surface area (Å²) in [6.07, 6.45) is 0. The lowest BCUT2D eigenvalue weighted by Gasteiger charge is -2.12. The second-order valence-electron chi connectivity index (χ2n) is 4.11. The first-order valence-electron chi connectivity index (χ1n) is 5.47. The van der Waals surface area contributed by atoms with E-state index in [2.05, 4.69) is 0 Å². The van der Waals surface area contributed by atoms with Crippen LogP contribution in [0.3, 0.4) is 0 Å². The molecule has 2 aromatic carbocycles. The van der Waals surface area contributed by atoms with Crippen LogP contribution in [0.1, 0.15) is 11.1 Å². The molecule has 0 aliphatic heterocycles. The molecular weight excluding hydrogens is 236 g/mol. The Bertz CT molecular complexity index is 573. The maximum atomic E-state index is 13.6. The Morgan fingerprint density at radius 2 is 1.67 bits per heavy atom. The van der Waals surface area contributed by atoms with Crippen molar-refractivity contribution in [3.63, 3.8) is 0 Å². The maximum Gasteiger partial charge on any atom is 0.198 e. The Labute approximate surface area is 104 Å². The van der Waals surface area contributed by atoms with Gasteiger partial charge in [0.25, 0.3) is 0 Å². The Kier molecular flexibility index (Phi) is 3.19. The smallest absolute Gasteiger partial charge is 0.198 e. The molecule has 0 amide bonds. The molecule has 4 heteroatoms. The van der Waals surface area contributed by atoms with E-state index < -0.39 is 17.4 Å². The highest BCUT2D eigenvalue weighted by atomic mass is 19.1. The van der Waals surface area contributed by atoms with Gasteiger partial charge in [0.2, 0.25) is 0 Å². The minimum absolute atomic E-state index is 0.0262. The summed E-state index contributed by atoms with van der Waals surface area (Å²) < 4.78 is 32.5. The average molecular weight is 249 g/mol. The minimum atomic E-state index is -0.812. The second kappa shape index (κ2) is 4.64. The highest BCUT2D eigenvalue weighted by Crippen LogP contribution is 2.31. The largest absolute Gasteiger partial charge is 0.451 e. The fourth-order valence-electron chi connectivity index (χ4n) is 1.62. The Morgan fingerprint density at radius 3 is 2.28 bits per heavy atom. The maximum absolute atomic E-state index is 13.6. The van der Waals surface area contributed by atoms with Crippen LogP contribution in [0.5, 0.6) is 11.5 Å². The summed E-state index contributed by atoms with van der Waals surface area (Å²) in [6.45, 7) is 3.73. The third-order valence-electron chi connectivity index (χ3n) is 2.79. The van der Waals surface area contributed by atoms with Gasteiger partial charge >= 0.3 is 0 Å². The number of rotatable bonds is 2. The van der Waals surface area contributed by atoms with Crippen LogP contribution >= 0.6 is 0 Å². The van der Waals surface area contributed by atoms with Crippen LogP contribution in [0.4, 0.5) is 14.5 Å². The van der Waals surface area contributed by atoms with Crippen molar-refractivity contribution >= 4 is 5.69 Å². The van der Waals surface area contributed by atoms with E-state index in [4.69, 9.17) is 10.5 Å². The highest BCUT2D eigenvalue weighted by Gasteiger charge is 2.14. The molecule has 0 fully saturated rings. The van der Waals surface area contributed by atoms with Crippen molar-refractivity contribution in [3.8, 4) is 11.5 Å². The van der Waals surface area contributed by atoms with E-state index in [1.165, 1.54) is 0 Å². The van der Waals surface area contributed by atoms with Crippen molar-refractivity contribution in [3.05, 3.63) is 53.1 Å². The predicted molar refractivity (Wildman–Crippen MR) is 66.8 cm³/mol. The fourth-order valence-corrected chi connectivity index (χ4v) is 1.62. The third kappa shape index (κ3) is 2.27. The average Bonchev–Trinajstić information content (AvgIpc) is 2.28. The number of hydrogen-bond acceptors (Lipinski definition) is 2. The summed E-state index contributed by atoms with van der Waals surface area (Å²) >= 11 is 0. The van der Waals surface area contributed by atoms with Crippen LogP contribution in [0, 0.1) is 25.5 Å². The molecule has 0 saturated heterocycles. The molecule has 2 aromatic rings. The number of ether oxygens (including phenoxy) is 1. The molecule has 0 spiro atoms. The standard InChI is InChI=1S/C14H13F2NO/c1-8-4-3-5-13(9(8)2)18-14-11(15)6-10(17)7-12(14)16/h3-7H,17H2,1-2H3. The Hall–Kier alpha value is -2.10. The van der Waals surface area contributed by atoms with Crippen molar-refractivity contribution < 1.29 is 13.5 Å². The third-order valence-corrected chi connectivity index (χ3v) is 2.79. The molecule has 0 aliphatic rings. The molecule has 2 nitrogen and oxygen atoms in total. The summed E-state index contributed by atoms with van der Waals surface area (Å²) in [5.41, 5.74) is 7.20. The first-order valence-corrected chi connectivity index (χ1v) is 5.47. The van der Waals surface area contributed by atoms with E-state index in [1.807, 2.05) is 19.9 Å². The summed E-state index contributed by atoms with van der Waals surface area (Å²) in [5.74, 6) is -1.63. The zero-order chi connectivity index (χ0) is 13.3. The van der Waals surface area contributed by atoms with E-state index in [-0.39, 0.29) is 5.69 Å². The second-order valence-corrected chi connectivity index (χ2v) is 4.11. The van der Waals surface area contributed by atoms with Gasteiger partial charge in [0.15, 0.2) is 17.4 Å². The van der Waals surface area contributed by atoms with E-state index in [0.29, 0.717) is 5.75 Å². The van der Waals surface area contributed by atoms with Gasteiger partial charge in [-0.25, -0.2) is 8.78 Å². The number of halogens is 2.